The second-order valence-electron chi connectivity index (χ2n) is 3.24. The van der Waals surface area contributed by atoms with Crippen molar-refractivity contribution in [3.8, 4) is 0 Å². The topological polar surface area (TPSA) is 51.2 Å². The molecule has 0 aliphatic heterocycles. The van der Waals surface area contributed by atoms with E-state index in [0.717, 1.165) is 18.4 Å². The zero-order valence-electron chi connectivity index (χ0n) is 8.13. The molecule has 0 bridgehead atoms. The van der Waals surface area contributed by atoms with Crippen molar-refractivity contribution >= 4 is 38.8 Å². The van der Waals surface area contributed by atoms with E-state index in [1.54, 1.807) is 0 Å². The van der Waals surface area contributed by atoms with Crippen LogP contribution < -0.4 is 0 Å². The molecule has 16 heavy (non-hydrogen) atoms. The summed E-state index contributed by atoms with van der Waals surface area (Å²) in [5, 5.41) is -0.243. The third-order valence-corrected chi connectivity index (χ3v) is 2.97. The number of Topliss-reactive ketones (excluding diaryl/α,β-unsaturated/α-hetero) is 1. The monoisotopic (exact) mass is 284 g/mol. The first kappa shape index (κ1) is 13.4. The molecule has 0 radical (unpaired) electrons. The molecule has 88 valence electrons. The molecule has 1 aromatic carbocycles. The van der Waals surface area contributed by atoms with Crippen molar-refractivity contribution in [2.45, 2.75) is 0 Å². The number of benzene rings is 1. The van der Waals surface area contributed by atoms with Gasteiger partial charge in [0.05, 0.1) is 10.6 Å². The second-order valence-corrected chi connectivity index (χ2v) is 6.23. The first-order valence-electron chi connectivity index (χ1n) is 4.06. The van der Waals surface area contributed by atoms with Gasteiger partial charge in [0.1, 0.15) is 5.75 Å². The molecule has 0 aliphatic rings. The van der Waals surface area contributed by atoms with Gasteiger partial charge in [-0.2, -0.15) is 0 Å². The van der Waals surface area contributed by atoms with Crippen LogP contribution in [-0.4, -0.2) is 26.2 Å². The fourth-order valence-corrected chi connectivity index (χ4v) is 2.20. The summed E-state index contributed by atoms with van der Waals surface area (Å²) in [7, 11) is -3.52. The highest BCUT2D eigenvalue weighted by atomic mass is 35.5. The van der Waals surface area contributed by atoms with Crippen molar-refractivity contribution in [3.05, 3.63) is 33.6 Å². The van der Waals surface area contributed by atoms with Crippen molar-refractivity contribution in [1.82, 2.24) is 0 Å². The van der Waals surface area contributed by atoms with Crippen molar-refractivity contribution in [2.75, 3.05) is 12.0 Å². The van der Waals surface area contributed by atoms with Gasteiger partial charge in [-0.15, -0.1) is 0 Å². The summed E-state index contributed by atoms with van der Waals surface area (Å²) in [5.74, 6) is -2.61. The van der Waals surface area contributed by atoms with E-state index in [0.29, 0.717) is 0 Å². The second kappa shape index (κ2) is 4.69. The van der Waals surface area contributed by atoms with Gasteiger partial charge >= 0.3 is 0 Å². The standard InChI is InChI=1S/C9H7Cl2FO3S/c1-16(14,15)4-8(13)6-2-5(10)3-7(11)9(6)12/h2-3H,4H2,1H3. The van der Waals surface area contributed by atoms with Crippen LogP contribution in [-0.2, 0) is 9.84 Å². The molecular formula is C9H7Cl2FO3S. The lowest BCUT2D eigenvalue weighted by molar-refractivity contribution is 0.101. The van der Waals surface area contributed by atoms with Gasteiger partial charge in [0.2, 0.25) is 0 Å². The molecule has 1 aromatic rings. The molecule has 0 heterocycles. The Balaban J connectivity index is 3.19. The summed E-state index contributed by atoms with van der Waals surface area (Å²) in [5.41, 5.74) is -0.414. The Morgan fingerprint density at radius 2 is 1.94 bits per heavy atom. The minimum Gasteiger partial charge on any atom is -0.293 e. The maximum Gasteiger partial charge on any atom is 0.180 e. The molecule has 0 amide bonds. The number of carbonyl (C=O) groups is 1. The van der Waals surface area contributed by atoms with Crippen LogP contribution in [0.5, 0.6) is 0 Å². The first-order chi connectivity index (χ1) is 7.20. The lowest BCUT2D eigenvalue weighted by Gasteiger charge is -2.04. The van der Waals surface area contributed by atoms with Crippen LogP contribution in [0.15, 0.2) is 12.1 Å². The summed E-state index contributed by atoms with van der Waals surface area (Å²) < 4.78 is 35.2. The van der Waals surface area contributed by atoms with E-state index in [1.165, 1.54) is 0 Å². The molecule has 1 rings (SSSR count). The maximum atomic E-state index is 13.4. The van der Waals surface area contributed by atoms with Crippen LogP contribution in [0.2, 0.25) is 10.0 Å². The van der Waals surface area contributed by atoms with Gasteiger partial charge in [0.15, 0.2) is 21.4 Å². The summed E-state index contributed by atoms with van der Waals surface area (Å²) in [4.78, 5) is 11.4. The van der Waals surface area contributed by atoms with Gasteiger partial charge < -0.3 is 0 Å². The summed E-state index contributed by atoms with van der Waals surface area (Å²) in [6, 6.07) is 2.19. The number of carbonyl (C=O) groups excluding carboxylic acids is 1. The minimum absolute atomic E-state index is 0.0725. The smallest absolute Gasteiger partial charge is 0.180 e. The predicted molar refractivity (Wildman–Crippen MR) is 60.5 cm³/mol. The first-order valence-corrected chi connectivity index (χ1v) is 6.88. The third-order valence-electron chi connectivity index (χ3n) is 1.69. The number of hydrogen-bond acceptors (Lipinski definition) is 3. The Labute approximate surface area is 102 Å². The van der Waals surface area contributed by atoms with E-state index in [1.807, 2.05) is 0 Å². The minimum atomic E-state index is -3.52. The van der Waals surface area contributed by atoms with Gasteiger partial charge in [-0.25, -0.2) is 12.8 Å². The molecule has 0 spiro atoms. The zero-order chi connectivity index (χ0) is 12.5. The van der Waals surface area contributed by atoms with E-state index >= 15 is 0 Å². The maximum absolute atomic E-state index is 13.4. The average Bonchev–Trinajstić information content (AvgIpc) is 2.08. The number of ketones is 1. The van der Waals surface area contributed by atoms with E-state index < -0.39 is 32.8 Å². The van der Waals surface area contributed by atoms with Crippen molar-refractivity contribution < 1.29 is 17.6 Å². The van der Waals surface area contributed by atoms with Crippen LogP contribution in [0, 0.1) is 5.82 Å². The molecule has 7 heteroatoms. The molecule has 0 saturated carbocycles. The van der Waals surface area contributed by atoms with Crippen LogP contribution in [0.3, 0.4) is 0 Å². The Kier molecular flexibility index (Phi) is 3.93. The quantitative estimate of drug-likeness (QED) is 0.632. The highest BCUT2D eigenvalue weighted by Gasteiger charge is 2.19. The zero-order valence-corrected chi connectivity index (χ0v) is 10.5. The largest absolute Gasteiger partial charge is 0.293 e. The van der Waals surface area contributed by atoms with Gasteiger partial charge in [0.25, 0.3) is 0 Å². The lowest BCUT2D eigenvalue weighted by Crippen LogP contribution is -2.16. The highest BCUT2D eigenvalue weighted by molar-refractivity contribution is 7.91. The summed E-state index contributed by atoms with van der Waals surface area (Å²) in [6.45, 7) is 0. The molecule has 0 N–H and O–H groups in total. The van der Waals surface area contributed by atoms with E-state index in [4.69, 9.17) is 23.2 Å². The molecule has 0 aromatic heterocycles. The number of sulfone groups is 1. The van der Waals surface area contributed by atoms with Crippen LogP contribution in [0.1, 0.15) is 10.4 Å². The number of rotatable bonds is 3. The average molecular weight is 285 g/mol. The predicted octanol–water partition coefficient (Wildman–Crippen LogP) is 2.36. The van der Waals surface area contributed by atoms with E-state index in [-0.39, 0.29) is 10.0 Å². The van der Waals surface area contributed by atoms with E-state index in [9.17, 15) is 17.6 Å². The molecular weight excluding hydrogens is 278 g/mol. The molecule has 0 unspecified atom stereocenters. The third kappa shape index (κ3) is 3.43. The SMILES string of the molecule is CS(=O)(=O)CC(=O)c1cc(Cl)cc(Cl)c1F. The Bertz CT molecular complexity index is 540. The van der Waals surface area contributed by atoms with E-state index in [2.05, 4.69) is 0 Å². The molecule has 0 fully saturated rings. The van der Waals surface area contributed by atoms with Crippen LogP contribution in [0.4, 0.5) is 4.39 Å². The van der Waals surface area contributed by atoms with Gasteiger partial charge in [-0.3, -0.25) is 4.79 Å². The summed E-state index contributed by atoms with van der Waals surface area (Å²) >= 11 is 11.1. The Hall–Kier alpha value is -0.650. The van der Waals surface area contributed by atoms with Crippen molar-refractivity contribution in [3.63, 3.8) is 0 Å². The molecule has 0 saturated heterocycles. The van der Waals surface area contributed by atoms with Crippen molar-refractivity contribution in [1.29, 1.82) is 0 Å². The fraction of sp³-hybridized carbons (Fsp3) is 0.222. The van der Waals surface area contributed by atoms with Crippen LogP contribution in [0.25, 0.3) is 0 Å². The molecule has 0 atom stereocenters. The Morgan fingerprint density at radius 3 is 2.44 bits per heavy atom. The lowest BCUT2D eigenvalue weighted by atomic mass is 10.1. The Morgan fingerprint density at radius 1 is 1.38 bits per heavy atom. The fourth-order valence-electron chi connectivity index (χ4n) is 1.07. The normalized spacial score (nSPS) is 11.5. The van der Waals surface area contributed by atoms with Gasteiger partial charge in [-0.05, 0) is 12.1 Å². The van der Waals surface area contributed by atoms with Gasteiger partial charge in [-0.1, -0.05) is 23.2 Å². The molecule has 0 aliphatic carbocycles. The van der Waals surface area contributed by atoms with Crippen molar-refractivity contribution in [2.24, 2.45) is 0 Å². The highest BCUT2D eigenvalue weighted by Crippen LogP contribution is 2.24. The van der Waals surface area contributed by atoms with Crippen LogP contribution >= 0.6 is 23.2 Å². The summed E-state index contributed by atoms with van der Waals surface area (Å²) in [6.07, 6.45) is 0.884. The number of halogens is 3. The molecule has 3 nitrogen and oxygen atoms in total. The van der Waals surface area contributed by atoms with Gasteiger partial charge in [0, 0.05) is 11.3 Å². The number of hydrogen-bond donors (Lipinski definition) is 0.